The van der Waals surface area contributed by atoms with Crippen molar-refractivity contribution in [1.29, 1.82) is 0 Å². The second-order valence-corrected chi connectivity index (χ2v) is 5.28. The Hall–Kier alpha value is -2.10. The molecule has 4 heteroatoms. The molecule has 1 aliphatic rings. The van der Waals surface area contributed by atoms with Crippen LogP contribution in [0.25, 0.3) is 0 Å². The topological polar surface area (TPSA) is 25.2 Å². The van der Waals surface area contributed by atoms with Crippen LogP contribution < -0.4 is 0 Å². The van der Waals surface area contributed by atoms with Crippen LogP contribution in [0.3, 0.4) is 0 Å². The van der Waals surface area contributed by atoms with E-state index in [-0.39, 0.29) is 11.7 Å². The summed E-state index contributed by atoms with van der Waals surface area (Å²) in [7, 11) is 1.97. The lowest BCUT2D eigenvalue weighted by Crippen LogP contribution is -2.33. The highest BCUT2D eigenvalue weighted by molar-refractivity contribution is 5.94. The first-order valence-electron chi connectivity index (χ1n) is 6.82. The zero-order valence-electron chi connectivity index (χ0n) is 11.4. The quantitative estimate of drug-likeness (QED) is 0.840. The first-order valence-corrected chi connectivity index (χ1v) is 6.82. The average Bonchev–Trinajstić information content (AvgIpc) is 3.20. The van der Waals surface area contributed by atoms with Gasteiger partial charge in [-0.2, -0.15) is 0 Å². The summed E-state index contributed by atoms with van der Waals surface area (Å²) < 4.78 is 15.0. The number of hydrogen-bond acceptors (Lipinski definition) is 1. The first kappa shape index (κ1) is 12.9. The molecule has 0 unspecified atom stereocenters. The Bertz CT molecular complexity index is 614. The molecule has 3 rings (SSSR count). The molecule has 104 valence electrons. The van der Waals surface area contributed by atoms with E-state index in [9.17, 15) is 9.18 Å². The van der Waals surface area contributed by atoms with Crippen molar-refractivity contribution >= 4 is 5.91 Å². The smallest absolute Gasteiger partial charge is 0.254 e. The molecule has 20 heavy (non-hydrogen) atoms. The molecule has 0 saturated heterocycles. The lowest BCUT2D eigenvalue weighted by Gasteiger charge is -2.23. The number of benzene rings is 1. The first-order chi connectivity index (χ1) is 9.65. The third kappa shape index (κ3) is 2.59. The van der Waals surface area contributed by atoms with Crippen LogP contribution in [-0.2, 0) is 13.6 Å². The van der Waals surface area contributed by atoms with E-state index >= 15 is 0 Å². The van der Waals surface area contributed by atoms with Gasteiger partial charge in [0.15, 0.2) is 0 Å². The molecule has 0 atom stereocenters. The highest BCUT2D eigenvalue weighted by Crippen LogP contribution is 2.29. The molecule has 0 aliphatic heterocycles. The van der Waals surface area contributed by atoms with E-state index in [0.717, 1.165) is 18.5 Å². The molecule has 1 heterocycles. The van der Waals surface area contributed by atoms with Gasteiger partial charge in [0.05, 0.1) is 6.54 Å². The van der Waals surface area contributed by atoms with Crippen molar-refractivity contribution in [2.24, 2.45) is 7.05 Å². The van der Waals surface area contributed by atoms with Crippen LogP contribution >= 0.6 is 0 Å². The van der Waals surface area contributed by atoms with Gasteiger partial charge in [-0.3, -0.25) is 4.79 Å². The summed E-state index contributed by atoms with van der Waals surface area (Å²) in [5, 5.41) is 0. The molecule has 3 nitrogen and oxygen atoms in total. The largest absolute Gasteiger partial charge is 0.353 e. The van der Waals surface area contributed by atoms with Gasteiger partial charge in [0.1, 0.15) is 5.82 Å². The summed E-state index contributed by atoms with van der Waals surface area (Å²) in [5.74, 6) is -0.337. The van der Waals surface area contributed by atoms with Crippen molar-refractivity contribution in [1.82, 2.24) is 9.47 Å². The molecule has 1 aliphatic carbocycles. The molecule has 0 spiro atoms. The fourth-order valence-corrected chi connectivity index (χ4v) is 2.35. The molecule has 1 aromatic carbocycles. The predicted octanol–water partition coefficient (Wildman–Crippen LogP) is 2.97. The van der Waals surface area contributed by atoms with Crippen LogP contribution in [0, 0.1) is 5.82 Å². The van der Waals surface area contributed by atoms with Crippen molar-refractivity contribution in [3.05, 3.63) is 59.7 Å². The van der Waals surface area contributed by atoms with Crippen LogP contribution in [0.15, 0.2) is 42.6 Å². The van der Waals surface area contributed by atoms with Crippen molar-refractivity contribution in [3.8, 4) is 0 Å². The molecular weight excluding hydrogens is 255 g/mol. The van der Waals surface area contributed by atoms with E-state index in [0.29, 0.717) is 18.2 Å². The molecule has 0 radical (unpaired) electrons. The number of aromatic nitrogens is 1. The van der Waals surface area contributed by atoms with Gasteiger partial charge in [-0.05, 0) is 49.2 Å². The summed E-state index contributed by atoms with van der Waals surface area (Å²) in [6.07, 6.45) is 4.08. The van der Waals surface area contributed by atoms with Crippen LogP contribution in [-0.4, -0.2) is 21.4 Å². The van der Waals surface area contributed by atoms with Crippen molar-refractivity contribution in [2.75, 3.05) is 0 Å². The van der Waals surface area contributed by atoms with E-state index in [1.807, 2.05) is 34.8 Å². The molecule has 1 saturated carbocycles. The second kappa shape index (κ2) is 5.12. The summed E-state index contributed by atoms with van der Waals surface area (Å²) in [6.45, 7) is 0.602. The van der Waals surface area contributed by atoms with Crippen LogP contribution in [0.2, 0.25) is 0 Å². The Balaban J connectivity index is 1.82. The van der Waals surface area contributed by atoms with Gasteiger partial charge in [-0.25, -0.2) is 4.39 Å². The lowest BCUT2D eigenvalue weighted by atomic mass is 10.2. The van der Waals surface area contributed by atoms with E-state index in [1.54, 1.807) is 12.1 Å². The van der Waals surface area contributed by atoms with Gasteiger partial charge < -0.3 is 9.47 Å². The Morgan fingerprint density at radius 1 is 1.30 bits per heavy atom. The number of amides is 1. The maximum Gasteiger partial charge on any atom is 0.254 e. The van der Waals surface area contributed by atoms with Gasteiger partial charge in [-0.15, -0.1) is 0 Å². The monoisotopic (exact) mass is 272 g/mol. The number of rotatable bonds is 4. The number of hydrogen-bond donors (Lipinski definition) is 0. The fraction of sp³-hybridized carbons (Fsp3) is 0.312. The van der Waals surface area contributed by atoms with Crippen molar-refractivity contribution < 1.29 is 9.18 Å². The summed E-state index contributed by atoms with van der Waals surface area (Å²) in [5.41, 5.74) is 1.65. The Morgan fingerprint density at radius 2 is 2.00 bits per heavy atom. The summed E-state index contributed by atoms with van der Waals surface area (Å²) in [6, 6.07) is 10.1. The van der Waals surface area contributed by atoms with Crippen LogP contribution in [0.4, 0.5) is 4.39 Å². The third-order valence-corrected chi connectivity index (χ3v) is 3.72. The lowest BCUT2D eigenvalue weighted by molar-refractivity contribution is 0.0726. The Kier molecular flexibility index (Phi) is 3.30. The molecule has 1 aromatic heterocycles. The SMILES string of the molecule is Cn1cccc1CN(C(=O)c1ccc(F)cc1)C1CC1. The van der Waals surface area contributed by atoms with Gasteiger partial charge in [0.2, 0.25) is 0 Å². The number of carbonyl (C=O) groups excluding carboxylic acids is 1. The molecule has 0 bridgehead atoms. The van der Waals surface area contributed by atoms with Crippen LogP contribution in [0.5, 0.6) is 0 Å². The molecule has 1 amide bonds. The second-order valence-electron chi connectivity index (χ2n) is 5.28. The minimum Gasteiger partial charge on any atom is -0.353 e. The normalized spacial score (nSPS) is 14.3. The average molecular weight is 272 g/mol. The van der Waals surface area contributed by atoms with Crippen molar-refractivity contribution in [3.63, 3.8) is 0 Å². The molecule has 2 aromatic rings. The Morgan fingerprint density at radius 3 is 2.55 bits per heavy atom. The van der Waals surface area contributed by atoms with Gasteiger partial charge in [0, 0.05) is 30.5 Å². The highest BCUT2D eigenvalue weighted by atomic mass is 19.1. The molecule has 0 N–H and O–H groups in total. The Labute approximate surface area is 117 Å². The molecule has 1 fully saturated rings. The third-order valence-electron chi connectivity index (χ3n) is 3.72. The number of aryl methyl sites for hydroxylation is 1. The van der Waals surface area contributed by atoms with Gasteiger partial charge in [-0.1, -0.05) is 0 Å². The van der Waals surface area contributed by atoms with Crippen molar-refractivity contribution in [2.45, 2.75) is 25.4 Å². The zero-order chi connectivity index (χ0) is 14.1. The number of nitrogens with zero attached hydrogens (tertiary/aromatic N) is 2. The standard InChI is InChI=1S/C16H17FN2O/c1-18-10-2-3-15(18)11-19(14-8-9-14)16(20)12-4-6-13(17)7-5-12/h2-7,10,14H,8-9,11H2,1H3. The van der Waals surface area contributed by atoms with Crippen LogP contribution in [0.1, 0.15) is 28.9 Å². The van der Waals surface area contributed by atoms with Gasteiger partial charge in [0.25, 0.3) is 5.91 Å². The minimum atomic E-state index is -0.318. The number of carbonyl (C=O) groups is 1. The maximum absolute atomic E-state index is 13.0. The summed E-state index contributed by atoms with van der Waals surface area (Å²) in [4.78, 5) is 14.5. The van der Waals surface area contributed by atoms with E-state index < -0.39 is 0 Å². The minimum absolute atomic E-state index is 0.0197. The van der Waals surface area contributed by atoms with E-state index in [2.05, 4.69) is 0 Å². The van der Waals surface area contributed by atoms with E-state index in [1.165, 1.54) is 12.1 Å². The number of halogens is 1. The highest BCUT2D eigenvalue weighted by Gasteiger charge is 2.33. The maximum atomic E-state index is 13.0. The summed E-state index contributed by atoms with van der Waals surface area (Å²) >= 11 is 0. The van der Waals surface area contributed by atoms with Gasteiger partial charge >= 0.3 is 0 Å². The van der Waals surface area contributed by atoms with E-state index in [4.69, 9.17) is 0 Å². The molecular formula is C16H17FN2O. The zero-order valence-corrected chi connectivity index (χ0v) is 11.4. The fourth-order valence-electron chi connectivity index (χ4n) is 2.35. The predicted molar refractivity (Wildman–Crippen MR) is 74.7 cm³/mol.